The van der Waals surface area contributed by atoms with Gasteiger partial charge >= 0.3 is 0 Å². The van der Waals surface area contributed by atoms with E-state index >= 15 is 0 Å². The maximum atomic E-state index is 13.1. The third-order valence-corrected chi connectivity index (χ3v) is 6.13. The van der Waals surface area contributed by atoms with E-state index in [4.69, 9.17) is 4.42 Å². The summed E-state index contributed by atoms with van der Waals surface area (Å²) in [6.07, 6.45) is 0.483. The molecule has 2 heterocycles. The van der Waals surface area contributed by atoms with Crippen LogP contribution in [0.15, 0.2) is 40.8 Å². The summed E-state index contributed by atoms with van der Waals surface area (Å²) in [5.41, 5.74) is 1.49. The number of nitrogens with zero attached hydrogens (tertiary/aromatic N) is 1. The fourth-order valence-electron chi connectivity index (χ4n) is 3.17. The summed E-state index contributed by atoms with van der Waals surface area (Å²) < 4.78 is 29.2. The smallest absolute Gasteiger partial charge is 0.257 e. The average Bonchev–Trinajstić information content (AvgIpc) is 3.06. The Balaban J connectivity index is 1.92. The number of sulfone groups is 1. The summed E-state index contributed by atoms with van der Waals surface area (Å²) >= 11 is 0. The summed E-state index contributed by atoms with van der Waals surface area (Å²) in [5.74, 6) is 1.24. The monoisotopic (exact) mass is 347 g/mol. The molecule has 0 aliphatic carbocycles. The third-order valence-electron chi connectivity index (χ3n) is 4.38. The van der Waals surface area contributed by atoms with Crippen LogP contribution in [-0.4, -0.2) is 36.8 Å². The number of carbonyl (C=O) groups excluding carboxylic acids is 1. The molecular weight excluding hydrogens is 326 g/mol. The second-order valence-corrected chi connectivity index (χ2v) is 8.53. The highest BCUT2D eigenvalue weighted by atomic mass is 32.2. The van der Waals surface area contributed by atoms with E-state index in [1.165, 1.54) is 0 Å². The molecule has 0 N–H and O–H groups in total. The highest BCUT2D eigenvalue weighted by molar-refractivity contribution is 7.91. The number of carbonyl (C=O) groups is 1. The molecule has 1 aliphatic heterocycles. The van der Waals surface area contributed by atoms with Crippen molar-refractivity contribution >= 4 is 15.7 Å². The minimum absolute atomic E-state index is 0.0292. The van der Waals surface area contributed by atoms with Crippen molar-refractivity contribution in [3.8, 4) is 0 Å². The molecule has 0 unspecified atom stereocenters. The summed E-state index contributed by atoms with van der Waals surface area (Å²) in [4.78, 5) is 14.7. The molecule has 128 valence electrons. The van der Waals surface area contributed by atoms with Crippen LogP contribution in [0.5, 0.6) is 0 Å². The van der Waals surface area contributed by atoms with Gasteiger partial charge in [-0.05, 0) is 31.9 Å². The fraction of sp³-hybridized carbons (Fsp3) is 0.389. The molecule has 3 rings (SSSR count). The molecule has 1 aliphatic rings. The Morgan fingerprint density at radius 2 is 1.96 bits per heavy atom. The lowest BCUT2D eigenvalue weighted by Gasteiger charge is -2.28. The van der Waals surface area contributed by atoms with Gasteiger partial charge in [0, 0.05) is 12.6 Å². The van der Waals surface area contributed by atoms with E-state index < -0.39 is 9.84 Å². The Labute approximate surface area is 142 Å². The maximum absolute atomic E-state index is 13.1. The molecule has 0 spiro atoms. The van der Waals surface area contributed by atoms with Crippen molar-refractivity contribution in [2.24, 2.45) is 0 Å². The van der Waals surface area contributed by atoms with Gasteiger partial charge < -0.3 is 9.32 Å². The number of aryl methyl sites for hydroxylation is 2. The summed E-state index contributed by atoms with van der Waals surface area (Å²) in [5, 5.41) is 0. The normalized spacial score (nSPS) is 19.3. The van der Waals surface area contributed by atoms with Gasteiger partial charge in [0.25, 0.3) is 5.91 Å². The maximum Gasteiger partial charge on any atom is 0.257 e. The Morgan fingerprint density at radius 1 is 1.25 bits per heavy atom. The van der Waals surface area contributed by atoms with Crippen molar-refractivity contribution in [3.63, 3.8) is 0 Å². The zero-order chi connectivity index (χ0) is 17.3. The molecule has 24 heavy (non-hydrogen) atoms. The SMILES string of the molecule is Cc1cc(C(=O)N(Cc2ccccc2)[C@@H]2CCS(=O)(=O)C2)c(C)o1. The van der Waals surface area contributed by atoms with Gasteiger partial charge in [0.2, 0.25) is 0 Å². The third kappa shape index (κ3) is 3.53. The van der Waals surface area contributed by atoms with Crippen LogP contribution in [0.25, 0.3) is 0 Å². The molecule has 0 saturated carbocycles. The molecule has 5 nitrogen and oxygen atoms in total. The minimum Gasteiger partial charge on any atom is -0.466 e. The largest absolute Gasteiger partial charge is 0.466 e. The zero-order valence-electron chi connectivity index (χ0n) is 13.9. The van der Waals surface area contributed by atoms with Crippen molar-refractivity contribution in [2.45, 2.75) is 32.9 Å². The molecule has 0 bridgehead atoms. The first-order valence-electron chi connectivity index (χ1n) is 7.98. The molecule has 1 saturated heterocycles. The minimum atomic E-state index is -3.07. The molecule has 1 fully saturated rings. The average molecular weight is 347 g/mol. The van der Waals surface area contributed by atoms with Crippen LogP contribution in [0.2, 0.25) is 0 Å². The lowest BCUT2D eigenvalue weighted by Crippen LogP contribution is -2.40. The fourth-order valence-corrected chi connectivity index (χ4v) is 4.90. The number of benzene rings is 1. The highest BCUT2D eigenvalue weighted by Gasteiger charge is 2.35. The number of hydrogen-bond donors (Lipinski definition) is 0. The van der Waals surface area contributed by atoms with Gasteiger partial charge in [0.05, 0.1) is 17.1 Å². The second kappa shape index (κ2) is 6.43. The first kappa shape index (κ1) is 16.8. The van der Waals surface area contributed by atoms with E-state index in [1.54, 1.807) is 24.8 Å². The lowest BCUT2D eigenvalue weighted by molar-refractivity contribution is 0.0679. The van der Waals surface area contributed by atoms with E-state index in [0.717, 1.165) is 5.56 Å². The molecule has 2 aromatic rings. The van der Waals surface area contributed by atoms with E-state index in [0.29, 0.717) is 30.0 Å². The van der Waals surface area contributed by atoms with E-state index in [-0.39, 0.29) is 23.5 Å². The van der Waals surface area contributed by atoms with E-state index in [1.807, 2.05) is 30.3 Å². The van der Waals surface area contributed by atoms with E-state index in [9.17, 15) is 13.2 Å². The van der Waals surface area contributed by atoms with Crippen LogP contribution in [-0.2, 0) is 16.4 Å². The molecule has 1 aromatic carbocycles. The highest BCUT2D eigenvalue weighted by Crippen LogP contribution is 2.24. The zero-order valence-corrected chi connectivity index (χ0v) is 14.7. The van der Waals surface area contributed by atoms with Crippen LogP contribution < -0.4 is 0 Å². The Bertz CT molecular complexity index is 839. The topological polar surface area (TPSA) is 67.6 Å². The van der Waals surface area contributed by atoms with Crippen molar-refractivity contribution in [1.29, 1.82) is 0 Å². The summed E-state index contributed by atoms with van der Waals surface area (Å²) in [7, 11) is -3.07. The quantitative estimate of drug-likeness (QED) is 0.853. The first-order chi connectivity index (χ1) is 11.4. The number of furan rings is 1. The predicted octanol–water partition coefficient (Wildman–Crippen LogP) is 2.73. The lowest BCUT2D eigenvalue weighted by atomic mass is 10.1. The van der Waals surface area contributed by atoms with Crippen LogP contribution in [0, 0.1) is 13.8 Å². The molecule has 1 aromatic heterocycles. The second-order valence-electron chi connectivity index (χ2n) is 6.30. The van der Waals surface area contributed by atoms with Gasteiger partial charge in [-0.3, -0.25) is 4.79 Å². The summed E-state index contributed by atoms with van der Waals surface area (Å²) in [6, 6.07) is 11.1. The summed E-state index contributed by atoms with van der Waals surface area (Å²) in [6.45, 7) is 3.95. The van der Waals surface area contributed by atoms with Crippen LogP contribution in [0.1, 0.15) is 33.9 Å². The Kier molecular flexibility index (Phi) is 4.49. The standard InChI is InChI=1S/C18H21NO4S/c1-13-10-17(14(2)23-13)18(20)19(11-15-6-4-3-5-7-15)16-8-9-24(21,22)12-16/h3-7,10,16H,8-9,11-12H2,1-2H3/t16-/m1/s1. The van der Waals surface area contributed by atoms with Gasteiger partial charge in [-0.1, -0.05) is 30.3 Å². The molecule has 1 amide bonds. The van der Waals surface area contributed by atoms with Crippen molar-refractivity contribution < 1.29 is 17.6 Å². The number of hydrogen-bond acceptors (Lipinski definition) is 4. The Morgan fingerprint density at radius 3 is 2.50 bits per heavy atom. The predicted molar refractivity (Wildman–Crippen MR) is 91.6 cm³/mol. The van der Waals surface area contributed by atoms with E-state index in [2.05, 4.69) is 0 Å². The van der Waals surface area contributed by atoms with Crippen LogP contribution in [0.4, 0.5) is 0 Å². The van der Waals surface area contributed by atoms with Crippen LogP contribution in [0.3, 0.4) is 0 Å². The number of amides is 1. The van der Waals surface area contributed by atoms with Gasteiger partial charge in [-0.25, -0.2) is 8.42 Å². The van der Waals surface area contributed by atoms with Gasteiger partial charge in [0.1, 0.15) is 11.5 Å². The molecule has 1 atom stereocenters. The van der Waals surface area contributed by atoms with Crippen molar-refractivity contribution in [2.75, 3.05) is 11.5 Å². The molecular formula is C18H21NO4S. The van der Waals surface area contributed by atoms with Gasteiger partial charge in [0.15, 0.2) is 9.84 Å². The van der Waals surface area contributed by atoms with Crippen molar-refractivity contribution in [1.82, 2.24) is 4.90 Å². The van der Waals surface area contributed by atoms with Crippen LogP contribution >= 0.6 is 0 Å². The first-order valence-corrected chi connectivity index (χ1v) is 9.80. The Hall–Kier alpha value is -2.08. The van der Waals surface area contributed by atoms with Gasteiger partial charge in [-0.15, -0.1) is 0 Å². The van der Waals surface area contributed by atoms with Crippen molar-refractivity contribution in [3.05, 3.63) is 59.0 Å². The number of rotatable bonds is 4. The van der Waals surface area contributed by atoms with Gasteiger partial charge in [-0.2, -0.15) is 0 Å². The molecule has 6 heteroatoms. The molecule has 0 radical (unpaired) electrons.